The van der Waals surface area contributed by atoms with Crippen molar-refractivity contribution in [1.82, 2.24) is 10.2 Å². The molecule has 3 aromatic rings. The number of anilines is 1. The molecule has 3 rings (SSSR count). The molecule has 23 heavy (non-hydrogen) atoms. The quantitative estimate of drug-likeness (QED) is 0.779. The number of carbonyl (C=O) groups excluding carboxylic acids is 1. The van der Waals surface area contributed by atoms with E-state index in [9.17, 15) is 9.18 Å². The molecule has 5 nitrogen and oxygen atoms in total. The van der Waals surface area contributed by atoms with Gasteiger partial charge in [-0.15, -0.1) is 10.2 Å². The molecular formula is C16H12FN3O2S. The van der Waals surface area contributed by atoms with Crippen molar-refractivity contribution in [3.8, 4) is 16.3 Å². The van der Waals surface area contributed by atoms with E-state index in [0.29, 0.717) is 15.9 Å². The number of para-hydroxylation sites is 1. The van der Waals surface area contributed by atoms with Crippen molar-refractivity contribution in [2.45, 2.75) is 0 Å². The van der Waals surface area contributed by atoms with E-state index in [1.54, 1.807) is 24.3 Å². The molecule has 0 saturated heterocycles. The Morgan fingerprint density at radius 3 is 2.57 bits per heavy atom. The van der Waals surface area contributed by atoms with Crippen molar-refractivity contribution >= 4 is 22.4 Å². The summed E-state index contributed by atoms with van der Waals surface area (Å²) in [6.07, 6.45) is 0. The smallest absolute Gasteiger partial charge is 0.264 e. The van der Waals surface area contributed by atoms with Gasteiger partial charge in [-0.05, 0) is 36.4 Å². The van der Waals surface area contributed by atoms with Crippen LogP contribution in [0.2, 0.25) is 0 Å². The van der Waals surface area contributed by atoms with Gasteiger partial charge in [-0.25, -0.2) is 4.39 Å². The number of hydrogen-bond acceptors (Lipinski definition) is 5. The summed E-state index contributed by atoms with van der Waals surface area (Å²) in [5.74, 6) is -0.0209. The highest BCUT2D eigenvalue weighted by atomic mass is 32.1. The standard InChI is InChI=1S/C16H12FN3O2S/c17-12-8-6-11(7-9-12)15-19-20-16(23-15)18-14(21)10-22-13-4-2-1-3-5-13/h1-9H,10H2,(H,18,20,21). The lowest BCUT2D eigenvalue weighted by Gasteiger charge is -2.04. The van der Waals surface area contributed by atoms with E-state index in [-0.39, 0.29) is 18.3 Å². The first-order valence-corrected chi connectivity index (χ1v) is 7.59. The minimum Gasteiger partial charge on any atom is -0.484 e. The number of rotatable bonds is 5. The highest BCUT2D eigenvalue weighted by molar-refractivity contribution is 7.18. The van der Waals surface area contributed by atoms with Crippen LogP contribution < -0.4 is 10.1 Å². The van der Waals surface area contributed by atoms with Crippen LogP contribution in [0.4, 0.5) is 9.52 Å². The van der Waals surface area contributed by atoms with Gasteiger partial charge in [0.05, 0.1) is 0 Å². The molecule has 1 aromatic heterocycles. The highest BCUT2D eigenvalue weighted by Gasteiger charge is 2.10. The summed E-state index contributed by atoms with van der Waals surface area (Å²) in [6, 6.07) is 15.0. The molecule has 0 aliphatic carbocycles. The van der Waals surface area contributed by atoms with Gasteiger partial charge >= 0.3 is 0 Å². The van der Waals surface area contributed by atoms with E-state index in [4.69, 9.17) is 4.74 Å². The Hall–Kier alpha value is -2.80. The minimum atomic E-state index is -0.323. The molecule has 7 heteroatoms. The molecule has 0 bridgehead atoms. The monoisotopic (exact) mass is 329 g/mol. The topological polar surface area (TPSA) is 64.1 Å². The Morgan fingerprint density at radius 1 is 1.09 bits per heavy atom. The largest absolute Gasteiger partial charge is 0.484 e. The van der Waals surface area contributed by atoms with Gasteiger partial charge in [-0.2, -0.15) is 0 Å². The van der Waals surface area contributed by atoms with Crippen LogP contribution >= 0.6 is 11.3 Å². The van der Waals surface area contributed by atoms with Crippen LogP contribution in [-0.4, -0.2) is 22.7 Å². The molecule has 0 spiro atoms. The van der Waals surface area contributed by atoms with Gasteiger partial charge in [0.2, 0.25) is 5.13 Å². The number of nitrogens with zero attached hydrogens (tertiary/aromatic N) is 2. The first-order chi connectivity index (χ1) is 11.2. The zero-order chi connectivity index (χ0) is 16.1. The van der Waals surface area contributed by atoms with Crippen LogP contribution in [0.5, 0.6) is 5.75 Å². The SMILES string of the molecule is O=C(COc1ccccc1)Nc1nnc(-c2ccc(F)cc2)s1. The number of hydrogen-bond donors (Lipinski definition) is 1. The zero-order valence-corrected chi connectivity index (χ0v) is 12.7. The van der Waals surface area contributed by atoms with Crippen molar-refractivity contribution in [1.29, 1.82) is 0 Å². The lowest BCUT2D eigenvalue weighted by atomic mass is 10.2. The molecule has 0 aliphatic rings. The molecule has 0 unspecified atom stereocenters. The van der Waals surface area contributed by atoms with E-state index in [2.05, 4.69) is 15.5 Å². The molecule has 0 aliphatic heterocycles. The van der Waals surface area contributed by atoms with E-state index in [0.717, 1.165) is 5.56 Å². The maximum atomic E-state index is 12.9. The summed E-state index contributed by atoms with van der Waals surface area (Å²) in [5, 5.41) is 11.5. The Balaban J connectivity index is 1.58. The predicted molar refractivity (Wildman–Crippen MR) is 85.9 cm³/mol. The summed E-state index contributed by atoms with van der Waals surface area (Å²) in [4.78, 5) is 11.8. The van der Waals surface area contributed by atoms with Crippen molar-refractivity contribution < 1.29 is 13.9 Å². The first kappa shape index (κ1) is 15.1. The fourth-order valence-electron chi connectivity index (χ4n) is 1.80. The molecule has 1 N–H and O–H groups in total. The second-order valence-corrected chi connectivity index (χ2v) is 5.55. The number of halogens is 1. The predicted octanol–water partition coefficient (Wildman–Crippen LogP) is 3.36. The fraction of sp³-hybridized carbons (Fsp3) is 0.0625. The number of nitrogens with one attached hydrogen (secondary N) is 1. The Labute approximate surface area is 135 Å². The summed E-state index contributed by atoms with van der Waals surface area (Å²) in [7, 11) is 0. The van der Waals surface area contributed by atoms with Crippen molar-refractivity contribution in [3.63, 3.8) is 0 Å². The molecule has 2 aromatic carbocycles. The number of amides is 1. The Bertz CT molecular complexity index is 791. The molecule has 116 valence electrons. The lowest BCUT2D eigenvalue weighted by Crippen LogP contribution is -2.20. The van der Waals surface area contributed by atoms with E-state index in [1.165, 1.54) is 23.5 Å². The Kier molecular flexibility index (Phi) is 4.58. The molecule has 0 saturated carbocycles. The normalized spacial score (nSPS) is 10.3. The second-order valence-electron chi connectivity index (χ2n) is 4.57. The zero-order valence-electron chi connectivity index (χ0n) is 11.9. The summed E-state index contributed by atoms with van der Waals surface area (Å²) in [6.45, 7) is -0.116. The third-order valence-electron chi connectivity index (χ3n) is 2.88. The number of aromatic nitrogens is 2. The second kappa shape index (κ2) is 6.97. The molecule has 0 atom stereocenters. The van der Waals surface area contributed by atoms with Crippen LogP contribution in [0.25, 0.3) is 10.6 Å². The van der Waals surface area contributed by atoms with E-state index in [1.807, 2.05) is 18.2 Å². The van der Waals surface area contributed by atoms with Gasteiger partial charge < -0.3 is 4.74 Å². The van der Waals surface area contributed by atoms with Crippen LogP contribution in [0.1, 0.15) is 0 Å². The minimum absolute atomic E-state index is 0.116. The van der Waals surface area contributed by atoms with Gasteiger partial charge in [0.25, 0.3) is 5.91 Å². The van der Waals surface area contributed by atoms with E-state index < -0.39 is 0 Å². The summed E-state index contributed by atoms with van der Waals surface area (Å²) < 4.78 is 18.2. The third kappa shape index (κ3) is 4.10. The molecular weight excluding hydrogens is 317 g/mol. The molecule has 1 amide bonds. The average Bonchev–Trinajstić information content (AvgIpc) is 3.03. The van der Waals surface area contributed by atoms with Crippen LogP contribution in [-0.2, 0) is 4.79 Å². The third-order valence-corrected chi connectivity index (χ3v) is 3.76. The average molecular weight is 329 g/mol. The van der Waals surface area contributed by atoms with Crippen molar-refractivity contribution in [3.05, 3.63) is 60.4 Å². The van der Waals surface area contributed by atoms with Crippen LogP contribution in [0, 0.1) is 5.82 Å². The maximum absolute atomic E-state index is 12.9. The lowest BCUT2D eigenvalue weighted by molar-refractivity contribution is -0.118. The van der Waals surface area contributed by atoms with Gasteiger partial charge in [0, 0.05) is 5.56 Å². The number of ether oxygens (including phenoxy) is 1. The van der Waals surface area contributed by atoms with Crippen LogP contribution in [0.15, 0.2) is 54.6 Å². The van der Waals surface area contributed by atoms with Gasteiger partial charge in [0.1, 0.15) is 16.6 Å². The van der Waals surface area contributed by atoms with Crippen molar-refractivity contribution in [2.24, 2.45) is 0 Å². The number of carbonyl (C=O) groups is 1. The van der Waals surface area contributed by atoms with Gasteiger partial charge in [-0.3, -0.25) is 10.1 Å². The maximum Gasteiger partial charge on any atom is 0.264 e. The Morgan fingerprint density at radius 2 is 1.83 bits per heavy atom. The molecule has 1 heterocycles. The van der Waals surface area contributed by atoms with E-state index >= 15 is 0 Å². The summed E-state index contributed by atoms with van der Waals surface area (Å²) >= 11 is 1.21. The van der Waals surface area contributed by atoms with Gasteiger partial charge in [0.15, 0.2) is 6.61 Å². The molecule has 0 radical (unpaired) electrons. The first-order valence-electron chi connectivity index (χ1n) is 6.78. The summed E-state index contributed by atoms with van der Waals surface area (Å²) in [5.41, 5.74) is 0.741. The van der Waals surface area contributed by atoms with Crippen molar-refractivity contribution in [2.75, 3.05) is 11.9 Å². The highest BCUT2D eigenvalue weighted by Crippen LogP contribution is 2.26. The van der Waals surface area contributed by atoms with Crippen LogP contribution in [0.3, 0.4) is 0 Å². The van der Waals surface area contributed by atoms with Gasteiger partial charge in [-0.1, -0.05) is 29.5 Å². The number of benzene rings is 2. The molecule has 0 fully saturated rings. The fourth-order valence-corrected chi connectivity index (χ4v) is 2.57.